The fourth-order valence-corrected chi connectivity index (χ4v) is 4.10. The van der Waals surface area contributed by atoms with E-state index in [2.05, 4.69) is 5.32 Å². The number of nitriles is 1. The van der Waals surface area contributed by atoms with Gasteiger partial charge in [0.05, 0.1) is 16.9 Å². The lowest BCUT2D eigenvalue weighted by Crippen LogP contribution is -2.29. The Morgan fingerprint density at radius 2 is 1.85 bits per heavy atom. The molecule has 0 radical (unpaired) electrons. The van der Waals surface area contributed by atoms with Gasteiger partial charge in [0.15, 0.2) is 9.84 Å². The number of carbonyl (C=O) groups excluding carboxylic acids is 1. The van der Waals surface area contributed by atoms with Crippen LogP contribution in [0.4, 0.5) is 5.69 Å². The minimum Gasteiger partial charge on any atom is -0.325 e. The van der Waals surface area contributed by atoms with Gasteiger partial charge in [0.25, 0.3) is 0 Å². The molecule has 1 saturated carbocycles. The first kappa shape index (κ1) is 14.5. The van der Waals surface area contributed by atoms with E-state index in [1.807, 2.05) is 6.07 Å². The van der Waals surface area contributed by atoms with Crippen LogP contribution in [-0.4, -0.2) is 25.3 Å². The first-order valence-electron chi connectivity index (χ1n) is 6.53. The summed E-state index contributed by atoms with van der Waals surface area (Å²) in [4.78, 5) is 11.8. The summed E-state index contributed by atoms with van der Waals surface area (Å²) in [6.07, 6.45) is 3.15. The number of benzene rings is 1. The molecular formula is C14H16N2O3S. The van der Waals surface area contributed by atoms with Crippen LogP contribution < -0.4 is 5.32 Å². The van der Waals surface area contributed by atoms with E-state index in [-0.39, 0.29) is 5.25 Å². The highest BCUT2D eigenvalue weighted by atomic mass is 32.2. The highest BCUT2D eigenvalue weighted by molar-refractivity contribution is 7.92. The van der Waals surface area contributed by atoms with Gasteiger partial charge in [-0.2, -0.15) is 5.26 Å². The van der Waals surface area contributed by atoms with Crippen molar-refractivity contribution in [2.24, 2.45) is 0 Å². The van der Waals surface area contributed by atoms with Crippen LogP contribution in [0.5, 0.6) is 0 Å². The van der Waals surface area contributed by atoms with E-state index in [0.29, 0.717) is 24.1 Å². The Bertz CT molecular complexity index is 623. The average Bonchev–Trinajstić information content (AvgIpc) is 2.93. The molecule has 0 saturated heterocycles. The number of nitrogens with zero attached hydrogens (tertiary/aromatic N) is 1. The summed E-state index contributed by atoms with van der Waals surface area (Å²) < 4.78 is 24.1. The number of hydrogen-bond acceptors (Lipinski definition) is 4. The van der Waals surface area contributed by atoms with Gasteiger partial charge in [-0.3, -0.25) is 4.79 Å². The van der Waals surface area contributed by atoms with Crippen LogP contribution in [0, 0.1) is 11.3 Å². The van der Waals surface area contributed by atoms with Crippen molar-refractivity contribution < 1.29 is 13.2 Å². The van der Waals surface area contributed by atoms with E-state index < -0.39 is 21.5 Å². The number of carbonyl (C=O) groups is 1. The van der Waals surface area contributed by atoms with Crippen molar-refractivity contribution >= 4 is 21.4 Å². The van der Waals surface area contributed by atoms with E-state index >= 15 is 0 Å². The largest absolute Gasteiger partial charge is 0.325 e. The molecule has 0 aliphatic heterocycles. The first-order chi connectivity index (χ1) is 9.51. The minimum atomic E-state index is -3.36. The Labute approximate surface area is 118 Å². The smallest absolute Gasteiger partial charge is 0.239 e. The van der Waals surface area contributed by atoms with Gasteiger partial charge in [-0.1, -0.05) is 12.8 Å². The number of hydrogen-bond donors (Lipinski definition) is 1. The predicted molar refractivity (Wildman–Crippen MR) is 75.8 cm³/mol. The van der Waals surface area contributed by atoms with Crippen molar-refractivity contribution in [3.05, 3.63) is 29.8 Å². The maximum Gasteiger partial charge on any atom is 0.239 e. The fourth-order valence-electron chi connectivity index (χ4n) is 2.37. The van der Waals surface area contributed by atoms with Crippen molar-refractivity contribution in [2.75, 3.05) is 11.1 Å². The summed E-state index contributed by atoms with van der Waals surface area (Å²) >= 11 is 0. The third kappa shape index (κ3) is 3.58. The van der Waals surface area contributed by atoms with Crippen LogP contribution in [0.3, 0.4) is 0 Å². The highest BCUT2D eigenvalue weighted by Crippen LogP contribution is 2.25. The predicted octanol–water partition coefficient (Wildman–Crippen LogP) is 1.85. The van der Waals surface area contributed by atoms with Crippen LogP contribution in [0.2, 0.25) is 0 Å². The van der Waals surface area contributed by atoms with Gasteiger partial charge in [-0.15, -0.1) is 0 Å². The molecular weight excluding hydrogens is 276 g/mol. The Balaban J connectivity index is 1.96. The Kier molecular flexibility index (Phi) is 4.40. The van der Waals surface area contributed by atoms with Gasteiger partial charge in [-0.05, 0) is 37.1 Å². The lowest BCUT2D eigenvalue weighted by molar-refractivity contribution is -0.113. The van der Waals surface area contributed by atoms with E-state index in [1.54, 1.807) is 24.3 Å². The molecule has 0 heterocycles. The molecule has 0 unspecified atom stereocenters. The molecule has 1 aromatic carbocycles. The van der Waals surface area contributed by atoms with E-state index in [9.17, 15) is 13.2 Å². The van der Waals surface area contributed by atoms with Gasteiger partial charge < -0.3 is 5.32 Å². The molecule has 0 atom stereocenters. The molecule has 106 valence electrons. The monoisotopic (exact) mass is 292 g/mol. The second-order valence-electron chi connectivity index (χ2n) is 4.95. The van der Waals surface area contributed by atoms with Crippen molar-refractivity contribution in [3.8, 4) is 6.07 Å². The van der Waals surface area contributed by atoms with Crippen LogP contribution in [0.1, 0.15) is 31.2 Å². The highest BCUT2D eigenvalue weighted by Gasteiger charge is 2.30. The summed E-state index contributed by atoms with van der Waals surface area (Å²) in [5.41, 5.74) is 0.984. The van der Waals surface area contributed by atoms with Crippen LogP contribution in [0.25, 0.3) is 0 Å². The SMILES string of the molecule is N#Cc1ccc(NC(=O)CS(=O)(=O)C2CCCC2)cc1. The molecule has 0 aromatic heterocycles. The van der Waals surface area contributed by atoms with Gasteiger partial charge >= 0.3 is 0 Å². The third-order valence-electron chi connectivity index (χ3n) is 3.44. The number of nitrogens with one attached hydrogen (secondary N) is 1. The van der Waals surface area contributed by atoms with E-state index in [1.165, 1.54) is 0 Å². The van der Waals surface area contributed by atoms with Gasteiger partial charge in [-0.25, -0.2) is 8.42 Å². The Hall–Kier alpha value is -1.87. The molecule has 20 heavy (non-hydrogen) atoms. The molecule has 0 spiro atoms. The summed E-state index contributed by atoms with van der Waals surface area (Å²) in [5, 5.41) is 10.8. The summed E-state index contributed by atoms with van der Waals surface area (Å²) in [6.45, 7) is 0. The summed E-state index contributed by atoms with van der Waals surface area (Å²) in [5.74, 6) is -1.00. The van der Waals surface area contributed by atoms with Gasteiger partial charge in [0.1, 0.15) is 5.75 Å². The number of sulfone groups is 1. The zero-order valence-electron chi connectivity index (χ0n) is 11.0. The molecule has 1 fully saturated rings. The summed E-state index contributed by atoms with van der Waals surface area (Å²) in [6, 6.07) is 8.28. The summed E-state index contributed by atoms with van der Waals surface area (Å²) in [7, 11) is -3.36. The topological polar surface area (TPSA) is 87.0 Å². The molecule has 1 aliphatic carbocycles. The van der Waals surface area contributed by atoms with E-state index in [0.717, 1.165) is 12.8 Å². The molecule has 1 amide bonds. The standard InChI is InChI=1S/C14H16N2O3S/c15-9-11-5-7-12(8-6-11)16-14(17)10-20(18,19)13-3-1-2-4-13/h5-8,13H,1-4,10H2,(H,16,17). The average molecular weight is 292 g/mol. The maximum absolute atomic E-state index is 12.0. The Morgan fingerprint density at radius 1 is 1.25 bits per heavy atom. The third-order valence-corrected chi connectivity index (χ3v) is 5.59. The second-order valence-corrected chi connectivity index (χ2v) is 7.23. The molecule has 1 aliphatic rings. The van der Waals surface area contributed by atoms with Crippen LogP contribution in [0.15, 0.2) is 24.3 Å². The number of amides is 1. The first-order valence-corrected chi connectivity index (χ1v) is 8.24. The van der Waals surface area contributed by atoms with Crippen molar-refractivity contribution in [1.29, 1.82) is 5.26 Å². The minimum absolute atomic E-state index is 0.366. The fraction of sp³-hybridized carbons (Fsp3) is 0.429. The molecule has 1 aromatic rings. The van der Waals surface area contributed by atoms with E-state index in [4.69, 9.17) is 5.26 Å². The van der Waals surface area contributed by atoms with Crippen molar-refractivity contribution in [1.82, 2.24) is 0 Å². The van der Waals surface area contributed by atoms with Crippen molar-refractivity contribution in [3.63, 3.8) is 0 Å². The quantitative estimate of drug-likeness (QED) is 0.917. The Morgan fingerprint density at radius 3 is 2.40 bits per heavy atom. The molecule has 6 heteroatoms. The lowest BCUT2D eigenvalue weighted by atomic mass is 10.2. The molecule has 0 bridgehead atoms. The maximum atomic E-state index is 12.0. The molecule has 2 rings (SSSR count). The number of rotatable bonds is 4. The van der Waals surface area contributed by atoms with Crippen LogP contribution in [-0.2, 0) is 14.6 Å². The van der Waals surface area contributed by atoms with Crippen molar-refractivity contribution in [2.45, 2.75) is 30.9 Å². The zero-order valence-corrected chi connectivity index (χ0v) is 11.8. The normalized spacial score (nSPS) is 15.8. The second kappa shape index (κ2) is 6.06. The zero-order chi connectivity index (χ0) is 14.6. The van der Waals surface area contributed by atoms with Gasteiger partial charge in [0.2, 0.25) is 5.91 Å². The lowest BCUT2D eigenvalue weighted by Gasteiger charge is -2.11. The van der Waals surface area contributed by atoms with Crippen LogP contribution >= 0.6 is 0 Å². The number of anilines is 1. The van der Waals surface area contributed by atoms with Gasteiger partial charge in [0, 0.05) is 5.69 Å². The molecule has 5 nitrogen and oxygen atoms in total. The molecule has 1 N–H and O–H groups in total.